The molecule has 0 saturated heterocycles. The normalized spacial score (nSPS) is 17.9. The predicted octanol–water partition coefficient (Wildman–Crippen LogP) is 2.62. The molecule has 0 aromatic heterocycles. The summed E-state index contributed by atoms with van der Waals surface area (Å²) in [7, 11) is -3.74. The van der Waals surface area contributed by atoms with E-state index in [0.29, 0.717) is 10.2 Å². The molecule has 7 heteroatoms. The Morgan fingerprint density at radius 2 is 1.95 bits per heavy atom. The Hall–Kier alpha value is -0.920. The highest BCUT2D eigenvalue weighted by molar-refractivity contribution is 9.10. The fourth-order valence-electron chi connectivity index (χ4n) is 2.43. The number of anilines is 1. The van der Waals surface area contributed by atoms with Crippen molar-refractivity contribution in [3.63, 3.8) is 0 Å². The summed E-state index contributed by atoms with van der Waals surface area (Å²) in [5.74, 6) is -0.0287. The molecule has 1 aliphatic carbocycles. The van der Waals surface area contributed by atoms with Crippen molar-refractivity contribution in [3.05, 3.63) is 22.7 Å². The molecule has 110 valence electrons. The van der Waals surface area contributed by atoms with E-state index in [0.717, 1.165) is 25.7 Å². The molecule has 3 N–H and O–H groups in total. The van der Waals surface area contributed by atoms with Crippen molar-refractivity contribution < 1.29 is 13.2 Å². The number of sulfonamides is 1. The van der Waals surface area contributed by atoms with E-state index >= 15 is 0 Å². The van der Waals surface area contributed by atoms with Crippen LogP contribution in [-0.2, 0) is 14.8 Å². The Balaban J connectivity index is 2.20. The minimum atomic E-state index is -3.74. The summed E-state index contributed by atoms with van der Waals surface area (Å²) in [6, 6.07) is 4.31. The molecule has 0 bridgehead atoms. The smallest absolute Gasteiger partial charge is 0.238 e. The number of amides is 1. The van der Waals surface area contributed by atoms with E-state index in [1.165, 1.54) is 12.1 Å². The number of nitrogens with one attached hydrogen (secondary N) is 1. The topological polar surface area (TPSA) is 89.3 Å². The summed E-state index contributed by atoms with van der Waals surface area (Å²) in [6.07, 6.45) is 3.89. The van der Waals surface area contributed by atoms with Crippen molar-refractivity contribution in [3.8, 4) is 0 Å². The van der Waals surface area contributed by atoms with Crippen molar-refractivity contribution in [2.24, 2.45) is 10.6 Å². The van der Waals surface area contributed by atoms with E-state index in [1.807, 2.05) is 6.92 Å². The van der Waals surface area contributed by atoms with Crippen LogP contribution in [-0.4, -0.2) is 14.3 Å². The zero-order valence-electron chi connectivity index (χ0n) is 11.1. The van der Waals surface area contributed by atoms with Crippen LogP contribution >= 0.6 is 15.9 Å². The Bertz CT molecular complexity index is 637. The van der Waals surface area contributed by atoms with Gasteiger partial charge in [-0.05, 0) is 47.0 Å². The van der Waals surface area contributed by atoms with Gasteiger partial charge in [-0.15, -0.1) is 0 Å². The van der Waals surface area contributed by atoms with Crippen LogP contribution in [0.5, 0.6) is 0 Å². The summed E-state index contributed by atoms with van der Waals surface area (Å²) in [6.45, 7) is 1.96. The second kappa shape index (κ2) is 5.46. The molecule has 0 aliphatic heterocycles. The average molecular weight is 361 g/mol. The molecule has 1 fully saturated rings. The van der Waals surface area contributed by atoms with Crippen LogP contribution in [0.15, 0.2) is 27.6 Å². The zero-order valence-corrected chi connectivity index (χ0v) is 13.6. The highest BCUT2D eigenvalue weighted by Crippen LogP contribution is 2.39. The number of hydrogen-bond donors (Lipinski definition) is 2. The van der Waals surface area contributed by atoms with Gasteiger partial charge in [0.1, 0.15) is 0 Å². The molecule has 5 nitrogen and oxygen atoms in total. The van der Waals surface area contributed by atoms with Gasteiger partial charge in [0.15, 0.2) is 0 Å². The molecule has 1 aromatic carbocycles. The summed E-state index contributed by atoms with van der Waals surface area (Å²) >= 11 is 3.26. The van der Waals surface area contributed by atoms with E-state index in [1.54, 1.807) is 6.07 Å². The Morgan fingerprint density at radius 3 is 2.45 bits per heavy atom. The maximum atomic E-state index is 12.3. The lowest BCUT2D eigenvalue weighted by molar-refractivity contribution is -0.124. The maximum Gasteiger partial charge on any atom is 0.238 e. The molecule has 2 rings (SSSR count). The third-order valence-electron chi connectivity index (χ3n) is 3.77. The number of halogens is 1. The SMILES string of the molecule is CC1(C(=O)Nc2ccc(S(N)(=O)=O)cc2Br)CCCC1. The quantitative estimate of drug-likeness (QED) is 0.867. The second-order valence-electron chi connectivity index (χ2n) is 5.41. The largest absolute Gasteiger partial charge is 0.325 e. The molecule has 0 heterocycles. The molecule has 1 aliphatic rings. The number of rotatable bonds is 3. The van der Waals surface area contributed by atoms with E-state index in [2.05, 4.69) is 21.2 Å². The summed E-state index contributed by atoms with van der Waals surface area (Å²) in [5.41, 5.74) is 0.216. The van der Waals surface area contributed by atoms with Crippen LogP contribution in [0.25, 0.3) is 0 Å². The minimum absolute atomic E-state index is 0.00875. The van der Waals surface area contributed by atoms with Gasteiger partial charge in [0, 0.05) is 9.89 Å². The molecule has 0 unspecified atom stereocenters. The van der Waals surface area contributed by atoms with E-state index in [-0.39, 0.29) is 16.2 Å². The Labute approximate surface area is 127 Å². The van der Waals surface area contributed by atoms with Crippen molar-refractivity contribution in [1.82, 2.24) is 0 Å². The predicted molar refractivity (Wildman–Crippen MR) is 80.7 cm³/mol. The molecule has 0 spiro atoms. The number of hydrogen-bond acceptors (Lipinski definition) is 3. The van der Waals surface area contributed by atoms with Gasteiger partial charge in [0.25, 0.3) is 0 Å². The molecule has 1 aromatic rings. The van der Waals surface area contributed by atoms with Crippen molar-refractivity contribution >= 4 is 37.5 Å². The van der Waals surface area contributed by atoms with E-state index in [9.17, 15) is 13.2 Å². The molecule has 1 amide bonds. The van der Waals surface area contributed by atoms with Gasteiger partial charge in [-0.25, -0.2) is 13.6 Å². The summed E-state index contributed by atoms with van der Waals surface area (Å²) in [5, 5.41) is 7.91. The van der Waals surface area contributed by atoms with Crippen molar-refractivity contribution in [2.45, 2.75) is 37.5 Å². The number of carbonyl (C=O) groups is 1. The third-order valence-corrected chi connectivity index (χ3v) is 5.34. The van der Waals surface area contributed by atoms with E-state index in [4.69, 9.17) is 5.14 Å². The lowest BCUT2D eigenvalue weighted by Gasteiger charge is -2.22. The van der Waals surface area contributed by atoms with Gasteiger partial charge in [0.2, 0.25) is 15.9 Å². The highest BCUT2D eigenvalue weighted by Gasteiger charge is 2.36. The number of nitrogens with two attached hydrogens (primary N) is 1. The molecule has 0 atom stereocenters. The van der Waals surface area contributed by atoms with Gasteiger partial charge >= 0.3 is 0 Å². The first-order valence-electron chi connectivity index (χ1n) is 6.36. The first-order valence-corrected chi connectivity index (χ1v) is 8.70. The first kappa shape index (κ1) is 15.5. The molecule has 0 radical (unpaired) electrons. The average Bonchev–Trinajstić information content (AvgIpc) is 2.78. The van der Waals surface area contributed by atoms with Gasteiger partial charge in [0.05, 0.1) is 10.6 Å². The number of benzene rings is 1. The number of primary sulfonamides is 1. The van der Waals surface area contributed by atoms with Crippen LogP contribution < -0.4 is 10.5 Å². The van der Waals surface area contributed by atoms with Crippen LogP contribution in [0.3, 0.4) is 0 Å². The third kappa shape index (κ3) is 3.21. The molecule has 1 saturated carbocycles. The fourth-order valence-corrected chi connectivity index (χ4v) is 3.60. The van der Waals surface area contributed by atoms with Gasteiger partial charge in [-0.2, -0.15) is 0 Å². The number of carbonyl (C=O) groups excluding carboxylic acids is 1. The Morgan fingerprint density at radius 1 is 1.35 bits per heavy atom. The van der Waals surface area contributed by atoms with Crippen LogP contribution in [0.1, 0.15) is 32.6 Å². The van der Waals surface area contributed by atoms with Gasteiger partial charge in [-0.1, -0.05) is 19.8 Å². The monoisotopic (exact) mass is 360 g/mol. The van der Waals surface area contributed by atoms with Crippen LogP contribution in [0, 0.1) is 5.41 Å². The standard InChI is InChI=1S/C13H17BrN2O3S/c1-13(6-2-3-7-13)12(17)16-11-5-4-9(8-10(11)14)20(15,18)19/h4-5,8H,2-3,6-7H2,1H3,(H,16,17)(H2,15,18,19). The molecular formula is C13H17BrN2O3S. The minimum Gasteiger partial charge on any atom is -0.325 e. The summed E-state index contributed by atoms with van der Waals surface area (Å²) < 4.78 is 23.0. The van der Waals surface area contributed by atoms with Crippen molar-refractivity contribution in [2.75, 3.05) is 5.32 Å². The van der Waals surface area contributed by atoms with Gasteiger partial charge < -0.3 is 5.32 Å². The maximum absolute atomic E-state index is 12.3. The first-order chi connectivity index (χ1) is 9.22. The van der Waals surface area contributed by atoms with Crippen LogP contribution in [0.2, 0.25) is 0 Å². The Kier molecular flexibility index (Phi) is 4.22. The molecular weight excluding hydrogens is 344 g/mol. The lowest BCUT2D eigenvalue weighted by Crippen LogP contribution is -2.30. The summed E-state index contributed by atoms with van der Waals surface area (Å²) in [4.78, 5) is 12.3. The van der Waals surface area contributed by atoms with Crippen LogP contribution in [0.4, 0.5) is 5.69 Å². The lowest BCUT2D eigenvalue weighted by atomic mass is 9.88. The van der Waals surface area contributed by atoms with Crippen molar-refractivity contribution in [1.29, 1.82) is 0 Å². The second-order valence-corrected chi connectivity index (χ2v) is 7.82. The van der Waals surface area contributed by atoms with Gasteiger partial charge in [-0.3, -0.25) is 4.79 Å². The fraction of sp³-hybridized carbons (Fsp3) is 0.462. The molecule has 20 heavy (non-hydrogen) atoms. The zero-order chi connectivity index (χ0) is 15.0. The van der Waals surface area contributed by atoms with E-state index < -0.39 is 10.0 Å². The highest BCUT2D eigenvalue weighted by atomic mass is 79.9.